The standard InChI is InChI=1S/C18H24N2O5S/c1-19-7-9-20(10-8-19)17(21)15-11-14(12-16(15)18(22)23)26(24,25)13-5-3-2-4-6-13/h2-6,14-16H,7-12H2,1H3,(H,22,23)/t14-,15-,16-/m1/s1. The molecule has 0 aromatic heterocycles. The highest BCUT2D eigenvalue weighted by molar-refractivity contribution is 7.92. The van der Waals surface area contributed by atoms with Crippen molar-refractivity contribution in [1.82, 2.24) is 9.80 Å². The van der Waals surface area contributed by atoms with Gasteiger partial charge in [-0.1, -0.05) is 18.2 Å². The highest BCUT2D eigenvalue weighted by Gasteiger charge is 2.48. The van der Waals surface area contributed by atoms with E-state index in [1.807, 2.05) is 7.05 Å². The highest BCUT2D eigenvalue weighted by Crippen LogP contribution is 2.39. The molecule has 0 radical (unpaired) electrons. The van der Waals surface area contributed by atoms with Crippen molar-refractivity contribution in [1.29, 1.82) is 0 Å². The van der Waals surface area contributed by atoms with Crippen molar-refractivity contribution < 1.29 is 23.1 Å². The molecule has 1 aliphatic carbocycles. The van der Waals surface area contributed by atoms with Crippen molar-refractivity contribution in [3.8, 4) is 0 Å². The Labute approximate surface area is 153 Å². The summed E-state index contributed by atoms with van der Waals surface area (Å²) in [5.41, 5.74) is 0. The van der Waals surface area contributed by atoms with Gasteiger partial charge < -0.3 is 14.9 Å². The van der Waals surface area contributed by atoms with Crippen LogP contribution in [0.5, 0.6) is 0 Å². The molecular formula is C18H24N2O5S. The summed E-state index contributed by atoms with van der Waals surface area (Å²) >= 11 is 0. The topological polar surface area (TPSA) is 95.0 Å². The fourth-order valence-corrected chi connectivity index (χ4v) is 5.70. The number of piperazine rings is 1. The van der Waals surface area contributed by atoms with Gasteiger partial charge in [0.05, 0.1) is 22.0 Å². The number of amides is 1. The molecule has 2 fully saturated rings. The minimum absolute atomic E-state index is 0.0172. The molecule has 0 bridgehead atoms. The fraction of sp³-hybridized carbons (Fsp3) is 0.556. The molecule has 142 valence electrons. The lowest BCUT2D eigenvalue weighted by atomic mass is 9.94. The van der Waals surface area contributed by atoms with E-state index in [9.17, 15) is 23.1 Å². The number of likely N-dealkylation sites (N-methyl/N-ethyl adjacent to an activating group) is 1. The molecule has 1 saturated heterocycles. The maximum atomic E-state index is 12.9. The summed E-state index contributed by atoms with van der Waals surface area (Å²) in [6.45, 7) is 2.58. The lowest BCUT2D eigenvalue weighted by Crippen LogP contribution is -2.50. The van der Waals surface area contributed by atoms with Gasteiger partial charge in [-0.25, -0.2) is 8.42 Å². The van der Waals surface area contributed by atoms with Crippen LogP contribution >= 0.6 is 0 Å². The van der Waals surface area contributed by atoms with Crippen LogP contribution in [0.4, 0.5) is 0 Å². The molecule has 2 aliphatic rings. The van der Waals surface area contributed by atoms with Gasteiger partial charge in [0.2, 0.25) is 5.91 Å². The molecule has 1 N–H and O–H groups in total. The summed E-state index contributed by atoms with van der Waals surface area (Å²) in [5, 5.41) is 8.71. The molecule has 1 aromatic rings. The second-order valence-corrected chi connectivity index (χ2v) is 9.36. The first-order valence-electron chi connectivity index (χ1n) is 8.80. The molecule has 26 heavy (non-hydrogen) atoms. The number of carboxylic acid groups (broad SMARTS) is 1. The Morgan fingerprint density at radius 3 is 2.15 bits per heavy atom. The number of benzene rings is 1. The Morgan fingerprint density at radius 2 is 1.58 bits per heavy atom. The number of aliphatic carboxylic acids is 1. The lowest BCUT2D eigenvalue weighted by Gasteiger charge is -2.34. The quantitative estimate of drug-likeness (QED) is 0.827. The molecule has 1 heterocycles. The van der Waals surface area contributed by atoms with Gasteiger partial charge >= 0.3 is 5.97 Å². The molecule has 0 spiro atoms. The molecule has 3 rings (SSSR count). The van der Waals surface area contributed by atoms with E-state index in [0.717, 1.165) is 13.1 Å². The average Bonchev–Trinajstić information content (AvgIpc) is 3.09. The normalized spacial score (nSPS) is 27.4. The summed E-state index contributed by atoms with van der Waals surface area (Å²) in [7, 11) is -1.68. The zero-order valence-electron chi connectivity index (χ0n) is 14.7. The number of sulfone groups is 1. The van der Waals surface area contributed by atoms with Gasteiger partial charge in [-0.3, -0.25) is 9.59 Å². The predicted molar refractivity (Wildman–Crippen MR) is 95.3 cm³/mol. The highest BCUT2D eigenvalue weighted by atomic mass is 32.2. The number of carbonyl (C=O) groups excluding carboxylic acids is 1. The van der Waals surface area contributed by atoms with Gasteiger partial charge in [0.15, 0.2) is 9.84 Å². The van der Waals surface area contributed by atoms with Crippen LogP contribution in [0.3, 0.4) is 0 Å². The van der Waals surface area contributed by atoms with Crippen LogP contribution in [0.2, 0.25) is 0 Å². The summed E-state index contributed by atoms with van der Waals surface area (Å²) < 4.78 is 25.7. The third-order valence-electron chi connectivity index (χ3n) is 5.48. The Balaban J connectivity index is 1.81. The maximum absolute atomic E-state index is 12.9. The first kappa shape index (κ1) is 18.8. The molecule has 3 atom stereocenters. The van der Waals surface area contributed by atoms with Crippen molar-refractivity contribution in [2.24, 2.45) is 11.8 Å². The second-order valence-electron chi connectivity index (χ2n) is 7.13. The molecule has 0 unspecified atom stereocenters. The van der Waals surface area contributed by atoms with Crippen LogP contribution in [-0.2, 0) is 19.4 Å². The van der Waals surface area contributed by atoms with Crippen LogP contribution in [0.1, 0.15) is 12.8 Å². The summed E-state index contributed by atoms with van der Waals surface area (Å²) in [5.74, 6) is -3.05. The number of hydrogen-bond acceptors (Lipinski definition) is 5. The van der Waals surface area contributed by atoms with Gasteiger partial charge in [-0.05, 0) is 32.0 Å². The maximum Gasteiger partial charge on any atom is 0.307 e. The Kier molecular flexibility index (Phi) is 5.34. The Hall–Kier alpha value is -1.93. The van der Waals surface area contributed by atoms with Crippen molar-refractivity contribution in [2.45, 2.75) is 23.0 Å². The van der Waals surface area contributed by atoms with E-state index < -0.39 is 32.9 Å². The molecule has 1 saturated carbocycles. The number of rotatable bonds is 4. The minimum Gasteiger partial charge on any atom is -0.481 e. The lowest BCUT2D eigenvalue weighted by molar-refractivity contribution is -0.149. The number of carbonyl (C=O) groups is 2. The van der Waals surface area contributed by atoms with Crippen LogP contribution < -0.4 is 0 Å². The average molecular weight is 380 g/mol. The fourth-order valence-electron chi connectivity index (χ4n) is 3.85. The molecule has 1 aromatic carbocycles. The van der Waals surface area contributed by atoms with Crippen molar-refractivity contribution in [2.75, 3.05) is 33.2 Å². The number of hydrogen-bond donors (Lipinski definition) is 1. The van der Waals surface area contributed by atoms with Crippen LogP contribution in [0.25, 0.3) is 0 Å². The van der Waals surface area contributed by atoms with Gasteiger partial charge in [-0.2, -0.15) is 0 Å². The zero-order chi connectivity index (χ0) is 18.9. The predicted octanol–water partition coefficient (Wildman–Crippen LogP) is 0.714. The van der Waals surface area contributed by atoms with Crippen LogP contribution in [-0.4, -0.2) is 73.7 Å². The third-order valence-corrected chi connectivity index (χ3v) is 7.67. The van der Waals surface area contributed by atoms with Crippen molar-refractivity contribution in [3.63, 3.8) is 0 Å². The first-order valence-corrected chi connectivity index (χ1v) is 10.3. The monoisotopic (exact) mass is 380 g/mol. The molecule has 1 amide bonds. The molecule has 8 heteroatoms. The van der Waals surface area contributed by atoms with Gasteiger partial charge in [0.25, 0.3) is 0 Å². The van der Waals surface area contributed by atoms with E-state index in [2.05, 4.69) is 4.90 Å². The van der Waals surface area contributed by atoms with Crippen molar-refractivity contribution in [3.05, 3.63) is 30.3 Å². The number of nitrogens with zero attached hydrogens (tertiary/aromatic N) is 2. The summed E-state index contributed by atoms with van der Waals surface area (Å²) in [4.78, 5) is 28.5. The van der Waals surface area contributed by atoms with E-state index in [0.29, 0.717) is 13.1 Å². The van der Waals surface area contributed by atoms with E-state index in [1.165, 1.54) is 12.1 Å². The largest absolute Gasteiger partial charge is 0.481 e. The Morgan fingerprint density at radius 1 is 1.00 bits per heavy atom. The van der Waals surface area contributed by atoms with E-state index >= 15 is 0 Å². The van der Waals surface area contributed by atoms with Crippen molar-refractivity contribution >= 4 is 21.7 Å². The van der Waals surface area contributed by atoms with Crippen LogP contribution in [0.15, 0.2) is 35.2 Å². The van der Waals surface area contributed by atoms with E-state index in [1.54, 1.807) is 23.1 Å². The SMILES string of the molecule is CN1CCN(C(=O)[C@@H]2C[C@@H](S(=O)(=O)c3ccccc3)C[C@H]2C(=O)O)CC1. The third kappa shape index (κ3) is 3.61. The first-order chi connectivity index (χ1) is 12.3. The number of carboxylic acids is 1. The van der Waals surface area contributed by atoms with E-state index in [4.69, 9.17) is 0 Å². The van der Waals surface area contributed by atoms with Gasteiger partial charge in [-0.15, -0.1) is 0 Å². The minimum atomic E-state index is -3.65. The molecule has 7 nitrogen and oxygen atoms in total. The van der Waals surface area contributed by atoms with Gasteiger partial charge in [0, 0.05) is 26.2 Å². The van der Waals surface area contributed by atoms with Crippen LogP contribution in [0, 0.1) is 11.8 Å². The molecule has 1 aliphatic heterocycles. The Bertz CT molecular complexity index is 772. The van der Waals surface area contributed by atoms with Gasteiger partial charge in [0.1, 0.15) is 0 Å². The summed E-state index contributed by atoms with van der Waals surface area (Å²) in [6.07, 6.45) is 0.0517. The second kappa shape index (κ2) is 7.36. The summed E-state index contributed by atoms with van der Waals surface area (Å²) in [6, 6.07) is 8.04. The molecular weight excluding hydrogens is 356 g/mol. The smallest absolute Gasteiger partial charge is 0.307 e. The van der Waals surface area contributed by atoms with E-state index in [-0.39, 0.29) is 23.6 Å². The zero-order valence-corrected chi connectivity index (χ0v) is 15.6.